The van der Waals surface area contributed by atoms with Crippen LogP contribution in [0.5, 0.6) is 5.75 Å². The molecule has 4 heteroatoms. The molecule has 0 saturated carbocycles. The highest BCUT2D eigenvalue weighted by Gasteiger charge is 2.32. The maximum absolute atomic E-state index is 12.3. The van der Waals surface area contributed by atoms with Crippen LogP contribution in [0.15, 0.2) is 10.5 Å². The predicted octanol–water partition coefficient (Wildman–Crippen LogP) is 2.57. The third-order valence-corrected chi connectivity index (χ3v) is 4.18. The van der Waals surface area contributed by atoms with E-state index in [-0.39, 0.29) is 11.8 Å². The van der Waals surface area contributed by atoms with Crippen LogP contribution in [-0.4, -0.2) is 37.4 Å². The Hall–Kier alpha value is -0.870. The Kier molecular flexibility index (Phi) is 3.27. The summed E-state index contributed by atoms with van der Waals surface area (Å²) >= 11 is 3.49. The zero-order chi connectivity index (χ0) is 12.7. The quantitative estimate of drug-likeness (QED) is 0.798. The molecule has 0 bridgehead atoms. The summed E-state index contributed by atoms with van der Waals surface area (Å²) in [6, 6.07) is 1.69. The van der Waals surface area contributed by atoms with Crippen molar-refractivity contribution < 1.29 is 9.53 Å². The van der Waals surface area contributed by atoms with Crippen LogP contribution in [0, 0.1) is 13.8 Å². The predicted molar refractivity (Wildman–Crippen MR) is 70.9 cm³/mol. The lowest BCUT2D eigenvalue weighted by Gasteiger charge is -2.30. The van der Waals surface area contributed by atoms with Crippen LogP contribution in [-0.2, 0) is 0 Å². The third-order valence-electron chi connectivity index (χ3n) is 3.35. The van der Waals surface area contributed by atoms with Crippen LogP contribution in [0.2, 0.25) is 0 Å². The largest absolute Gasteiger partial charge is 0.490 e. The van der Waals surface area contributed by atoms with Crippen molar-refractivity contribution in [3.05, 3.63) is 27.2 Å². The Bertz CT molecular complexity index is 483. The highest BCUT2D eigenvalue weighted by Crippen LogP contribution is 2.35. The molecule has 1 aromatic rings. The van der Waals surface area contributed by atoms with Gasteiger partial charge in [-0.2, -0.15) is 0 Å². The Labute approximate surface area is 110 Å². The van der Waals surface area contributed by atoms with Crippen LogP contribution in [0.4, 0.5) is 0 Å². The van der Waals surface area contributed by atoms with Gasteiger partial charge in [0, 0.05) is 4.47 Å². The van der Waals surface area contributed by atoms with Gasteiger partial charge in [-0.05, 0) is 45.1 Å². The maximum atomic E-state index is 12.3. The maximum Gasteiger partial charge on any atom is 0.187 e. The third kappa shape index (κ3) is 2.00. The molecule has 1 aromatic carbocycles. The van der Waals surface area contributed by atoms with E-state index in [0.717, 1.165) is 21.3 Å². The van der Waals surface area contributed by atoms with Crippen molar-refractivity contribution in [3.63, 3.8) is 0 Å². The van der Waals surface area contributed by atoms with Gasteiger partial charge >= 0.3 is 0 Å². The van der Waals surface area contributed by atoms with Crippen molar-refractivity contribution in [2.24, 2.45) is 0 Å². The second-order valence-corrected chi connectivity index (χ2v) is 5.49. The van der Waals surface area contributed by atoms with Crippen molar-refractivity contribution in [2.45, 2.75) is 19.9 Å². The second kappa shape index (κ2) is 4.42. The van der Waals surface area contributed by atoms with E-state index in [1.165, 1.54) is 0 Å². The standard InChI is InChI=1S/C13H16BrNO2/c1-7-8(2)13-9(5-10(7)14)12(16)11(6-17-13)15(3)4/h5,11H,6H2,1-4H3/t11-/m1/s1. The number of hydrogen-bond donors (Lipinski definition) is 0. The lowest BCUT2D eigenvalue weighted by molar-refractivity contribution is 0.0760. The Balaban J connectivity index is 2.54. The molecule has 0 amide bonds. The Morgan fingerprint density at radius 2 is 2.00 bits per heavy atom. The van der Waals surface area contributed by atoms with E-state index >= 15 is 0 Å². The molecular formula is C13H16BrNO2. The molecule has 0 radical (unpaired) electrons. The van der Waals surface area contributed by atoms with Gasteiger partial charge in [-0.3, -0.25) is 9.69 Å². The first-order valence-corrected chi connectivity index (χ1v) is 6.36. The number of ether oxygens (including phenoxy) is 1. The number of carbonyl (C=O) groups excluding carboxylic acids is 1. The summed E-state index contributed by atoms with van der Waals surface area (Å²) in [4.78, 5) is 14.2. The fraction of sp³-hybridized carbons (Fsp3) is 0.462. The molecule has 1 atom stereocenters. The normalized spacial score (nSPS) is 19.2. The molecule has 17 heavy (non-hydrogen) atoms. The van der Waals surface area contributed by atoms with Gasteiger partial charge in [0.05, 0.1) is 5.56 Å². The summed E-state index contributed by atoms with van der Waals surface area (Å²) in [5.74, 6) is 0.883. The molecule has 92 valence electrons. The zero-order valence-corrected chi connectivity index (χ0v) is 12.1. The van der Waals surface area contributed by atoms with E-state index in [0.29, 0.717) is 12.2 Å². The van der Waals surface area contributed by atoms with Gasteiger partial charge < -0.3 is 4.74 Å². The van der Waals surface area contributed by atoms with Crippen molar-refractivity contribution in [2.75, 3.05) is 20.7 Å². The molecule has 1 aliphatic heterocycles. The molecule has 2 rings (SSSR count). The highest BCUT2D eigenvalue weighted by molar-refractivity contribution is 9.10. The number of nitrogens with zero attached hydrogens (tertiary/aromatic N) is 1. The van der Waals surface area contributed by atoms with Crippen LogP contribution in [0.1, 0.15) is 21.5 Å². The molecule has 1 heterocycles. The Morgan fingerprint density at radius 3 is 2.59 bits per heavy atom. The number of benzene rings is 1. The molecular weight excluding hydrogens is 282 g/mol. The molecule has 0 saturated heterocycles. The smallest absolute Gasteiger partial charge is 0.187 e. The summed E-state index contributed by atoms with van der Waals surface area (Å²) in [6.07, 6.45) is 0. The fourth-order valence-electron chi connectivity index (χ4n) is 2.02. The van der Waals surface area contributed by atoms with Gasteiger partial charge in [-0.25, -0.2) is 0 Å². The summed E-state index contributed by atoms with van der Waals surface area (Å²) < 4.78 is 6.71. The molecule has 0 N–H and O–H groups in total. The average molecular weight is 298 g/mol. The molecule has 0 fully saturated rings. The number of carbonyl (C=O) groups is 1. The highest BCUT2D eigenvalue weighted by atomic mass is 79.9. The lowest BCUT2D eigenvalue weighted by Crippen LogP contribution is -2.43. The number of fused-ring (bicyclic) bond motifs is 1. The van der Waals surface area contributed by atoms with Crippen molar-refractivity contribution in [1.82, 2.24) is 4.90 Å². The second-order valence-electron chi connectivity index (χ2n) is 4.64. The summed E-state index contributed by atoms with van der Waals surface area (Å²) in [5, 5.41) is 0. The summed E-state index contributed by atoms with van der Waals surface area (Å²) in [5.41, 5.74) is 2.85. The van der Waals surface area contributed by atoms with Crippen molar-refractivity contribution >= 4 is 21.7 Å². The first-order chi connectivity index (χ1) is 7.93. The minimum Gasteiger partial charge on any atom is -0.490 e. The molecule has 3 nitrogen and oxygen atoms in total. The van der Waals surface area contributed by atoms with Crippen LogP contribution in [0.25, 0.3) is 0 Å². The lowest BCUT2D eigenvalue weighted by atomic mass is 9.95. The molecule has 0 unspecified atom stereocenters. The van der Waals surface area contributed by atoms with Gasteiger partial charge in [0.2, 0.25) is 0 Å². The van der Waals surface area contributed by atoms with E-state index in [1.54, 1.807) is 0 Å². The number of halogens is 1. The Morgan fingerprint density at radius 1 is 1.35 bits per heavy atom. The van der Waals surface area contributed by atoms with E-state index in [2.05, 4.69) is 15.9 Å². The number of hydrogen-bond acceptors (Lipinski definition) is 3. The number of ketones is 1. The fourth-order valence-corrected chi connectivity index (χ4v) is 2.55. The van der Waals surface area contributed by atoms with Gasteiger partial charge in [0.1, 0.15) is 18.4 Å². The van der Waals surface area contributed by atoms with Crippen LogP contribution in [0.3, 0.4) is 0 Å². The first kappa shape index (κ1) is 12.6. The monoisotopic (exact) mass is 297 g/mol. The number of Topliss-reactive ketones (excluding diaryl/α,β-unsaturated/α-hetero) is 1. The average Bonchev–Trinajstić information content (AvgIpc) is 2.27. The number of likely N-dealkylation sites (N-methyl/N-ethyl adjacent to an activating group) is 1. The van der Waals surface area contributed by atoms with Gasteiger partial charge in [0.25, 0.3) is 0 Å². The van der Waals surface area contributed by atoms with Gasteiger partial charge in [-0.1, -0.05) is 15.9 Å². The van der Waals surface area contributed by atoms with Crippen molar-refractivity contribution in [1.29, 1.82) is 0 Å². The minimum atomic E-state index is -0.184. The molecule has 0 aromatic heterocycles. The first-order valence-electron chi connectivity index (χ1n) is 5.56. The van der Waals surface area contributed by atoms with Gasteiger partial charge in [0.15, 0.2) is 5.78 Å². The minimum absolute atomic E-state index is 0.139. The topological polar surface area (TPSA) is 29.5 Å². The molecule has 0 aliphatic carbocycles. The molecule has 1 aliphatic rings. The summed E-state index contributed by atoms with van der Waals surface area (Å²) in [6.45, 7) is 4.44. The van der Waals surface area contributed by atoms with Crippen molar-refractivity contribution in [3.8, 4) is 5.75 Å². The van der Waals surface area contributed by atoms with Crippen LogP contribution < -0.4 is 4.74 Å². The number of rotatable bonds is 1. The van der Waals surface area contributed by atoms with Gasteiger partial charge in [-0.15, -0.1) is 0 Å². The summed E-state index contributed by atoms with van der Waals surface area (Å²) in [7, 11) is 3.79. The molecule has 0 spiro atoms. The zero-order valence-electron chi connectivity index (χ0n) is 10.5. The van der Waals surface area contributed by atoms with E-state index < -0.39 is 0 Å². The van der Waals surface area contributed by atoms with Crippen LogP contribution >= 0.6 is 15.9 Å². The van der Waals surface area contributed by atoms with E-state index in [1.807, 2.05) is 38.9 Å². The SMILES string of the molecule is Cc1c(Br)cc2c(c1C)OC[C@@H](N(C)C)C2=O. The van der Waals surface area contributed by atoms with E-state index in [4.69, 9.17) is 4.74 Å². The van der Waals surface area contributed by atoms with E-state index in [9.17, 15) is 4.79 Å².